The maximum absolute atomic E-state index is 11.3. The fourth-order valence-corrected chi connectivity index (χ4v) is 1.26. The molecule has 0 spiro atoms. The number of carbonyl (C=O) groups is 1. The van der Waals surface area contributed by atoms with Crippen LogP contribution in [0.5, 0.6) is 0 Å². The normalized spacial score (nSPS) is 10.1. The van der Waals surface area contributed by atoms with E-state index in [9.17, 15) is 9.59 Å². The summed E-state index contributed by atoms with van der Waals surface area (Å²) < 4.78 is 1.00. The van der Waals surface area contributed by atoms with Crippen molar-refractivity contribution in [2.24, 2.45) is 0 Å². The minimum atomic E-state index is -1.25. The topological polar surface area (TPSA) is 88.0 Å². The van der Waals surface area contributed by atoms with Crippen LogP contribution in [0, 0.1) is 0 Å². The van der Waals surface area contributed by atoms with Gasteiger partial charge < -0.3 is 5.11 Å². The van der Waals surface area contributed by atoms with Gasteiger partial charge in [0.2, 0.25) is 5.82 Å². The Labute approximate surface area is 83.8 Å². The number of hydrogen-bond donors (Lipinski definition) is 2. The van der Waals surface area contributed by atoms with Gasteiger partial charge in [-0.3, -0.25) is 0 Å². The minimum Gasteiger partial charge on any atom is -0.475 e. The molecule has 0 aliphatic rings. The van der Waals surface area contributed by atoms with Crippen LogP contribution < -0.4 is 5.69 Å². The third kappa shape index (κ3) is 1.52. The van der Waals surface area contributed by atoms with E-state index in [1.807, 2.05) is 0 Å². The first-order valence-electron chi connectivity index (χ1n) is 4.16. The van der Waals surface area contributed by atoms with Gasteiger partial charge in [-0.15, -0.1) is 5.10 Å². The molecule has 1 heterocycles. The van der Waals surface area contributed by atoms with Crippen LogP contribution in [0.15, 0.2) is 35.1 Å². The molecule has 15 heavy (non-hydrogen) atoms. The summed E-state index contributed by atoms with van der Waals surface area (Å²) in [6, 6.07) is 8.45. The van der Waals surface area contributed by atoms with E-state index < -0.39 is 11.7 Å². The van der Waals surface area contributed by atoms with E-state index in [2.05, 4.69) is 10.2 Å². The Morgan fingerprint density at radius 2 is 2.00 bits per heavy atom. The van der Waals surface area contributed by atoms with E-state index in [-0.39, 0.29) is 5.82 Å². The lowest BCUT2D eigenvalue weighted by Gasteiger charge is -2.00. The smallest absolute Gasteiger partial charge is 0.374 e. The molecule has 2 aromatic rings. The summed E-state index contributed by atoms with van der Waals surface area (Å²) in [5, 5.41) is 14.3. The number of carboxylic acids is 1. The van der Waals surface area contributed by atoms with E-state index in [0.717, 1.165) is 4.57 Å². The Balaban J connectivity index is 2.67. The number of nitrogens with zero attached hydrogens (tertiary/aromatic N) is 2. The van der Waals surface area contributed by atoms with Gasteiger partial charge in [0.05, 0.1) is 5.69 Å². The zero-order valence-electron chi connectivity index (χ0n) is 7.54. The number of carboxylic acid groups (broad SMARTS) is 1. The molecule has 1 aromatic heterocycles. The van der Waals surface area contributed by atoms with Gasteiger partial charge in [0.25, 0.3) is 0 Å². The molecule has 0 atom stereocenters. The standard InChI is InChI=1S/C9H7N3O3/c13-8(14)7-10-11-9(15)12(7)6-4-2-1-3-5-6/h1-5H,(H,11,15)(H,13,14). The van der Waals surface area contributed by atoms with Crippen molar-refractivity contribution in [2.75, 3.05) is 0 Å². The summed E-state index contributed by atoms with van der Waals surface area (Å²) in [5.74, 6) is -1.58. The second-order valence-electron chi connectivity index (χ2n) is 2.83. The fraction of sp³-hybridized carbons (Fsp3) is 0. The predicted molar refractivity (Wildman–Crippen MR) is 51.1 cm³/mol. The van der Waals surface area contributed by atoms with Crippen LogP contribution in [0.25, 0.3) is 5.69 Å². The monoisotopic (exact) mass is 205 g/mol. The second kappa shape index (κ2) is 3.41. The van der Waals surface area contributed by atoms with Crippen LogP contribution in [-0.2, 0) is 0 Å². The molecular formula is C9H7N3O3. The minimum absolute atomic E-state index is 0.328. The Morgan fingerprint density at radius 3 is 2.60 bits per heavy atom. The van der Waals surface area contributed by atoms with Crippen molar-refractivity contribution in [1.82, 2.24) is 14.8 Å². The SMILES string of the molecule is O=C(O)c1n[nH]c(=O)n1-c1ccccc1. The van der Waals surface area contributed by atoms with E-state index in [1.165, 1.54) is 0 Å². The molecule has 2 N–H and O–H groups in total. The second-order valence-corrected chi connectivity index (χ2v) is 2.83. The van der Waals surface area contributed by atoms with Crippen LogP contribution in [0.2, 0.25) is 0 Å². The van der Waals surface area contributed by atoms with Gasteiger partial charge in [0.15, 0.2) is 0 Å². The summed E-state index contributed by atoms with van der Waals surface area (Å²) in [4.78, 5) is 22.1. The third-order valence-electron chi connectivity index (χ3n) is 1.88. The van der Waals surface area contributed by atoms with Crippen LogP contribution in [-0.4, -0.2) is 25.8 Å². The van der Waals surface area contributed by atoms with E-state index >= 15 is 0 Å². The largest absolute Gasteiger partial charge is 0.475 e. The lowest BCUT2D eigenvalue weighted by molar-refractivity contribution is 0.0680. The van der Waals surface area contributed by atoms with Crippen molar-refractivity contribution in [3.8, 4) is 5.69 Å². The highest BCUT2D eigenvalue weighted by Crippen LogP contribution is 2.05. The summed E-state index contributed by atoms with van der Waals surface area (Å²) in [6.07, 6.45) is 0. The Kier molecular flexibility index (Phi) is 2.09. The first-order valence-corrected chi connectivity index (χ1v) is 4.16. The molecule has 6 heteroatoms. The van der Waals surface area contributed by atoms with Crippen molar-refractivity contribution in [3.05, 3.63) is 46.6 Å². The number of aromatic nitrogens is 3. The highest BCUT2D eigenvalue weighted by atomic mass is 16.4. The summed E-state index contributed by atoms with van der Waals surface area (Å²) in [5.41, 5.74) is -0.104. The van der Waals surface area contributed by atoms with Gasteiger partial charge in [-0.2, -0.15) is 0 Å². The van der Waals surface area contributed by atoms with Crippen molar-refractivity contribution < 1.29 is 9.90 Å². The molecule has 6 nitrogen and oxygen atoms in total. The molecular weight excluding hydrogens is 198 g/mol. The van der Waals surface area contributed by atoms with Crippen LogP contribution in [0.3, 0.4) is 0 Å². The van der Waals surface area contributed by atoms with Gasteiger partial charge in [-0.1, -0.05) is 18.2 Å². The van der Waals surface area contributed by atoms with Crippen molar-refractivity contribution in [1.29, 1.82) is 0 Å². The quantitative estimate of drug-likeness (QED) is 0.736. The number of aromatic carboxylic acids is 1. The maximum Gasteiger partial charge on any atom is 0.374 e. The Bertz CT molecular complexity index is 541. The maximum atomic E-state index is 11.3. The highest BCUT2D eigenvalue weighted by Gasteiger charge is 2.15. The number of nitrogens with one attached hydrogen (secondary N) is 1. The van der Waals surface area contributed by atoms with Crippen LogP contribution in [0.1, 0.15) is 10.6 Å². The first-order chi connectivity index (χ1) is 7.20. The molecule has 0 fully saturated rings. The molecule has 0 aliphatic carbocycles. The molecule has 1 aromatic carbocycles. The molecule has 2 rings (SSSR count). The van der Waals surface area contributed by atoms with Crippen molar-refractivity contribution in [2.45, 2.75) is 0 Å². The summed E-state index contributed by atoms with van der Waals surface area (Å²) in [6.45, 7) is 0. The number of rotatable bonds is 2. The molecule has 0 radical (unpaired) electrons. The Morgan fingerprint density at radius 1 is 1.33 bits per heavy atom. The van der Waals surface area contributed by atoms with E-state index in [0.29, 0.717) is 5.69 Å². The number of aromatic amines is 1. The zero-order valence-corrected chi connectivity index (χ0v) is 7.54. The van der Waals surface area contributed by atoms with Crippen LogP contribution >= 0.6 is 0 Å². The number of benzene rings is 1. The fourth-order valence-electron chi connectivity index (χ4n) is 1.26. The zero-order chi connectivity index (χ0) is 10.8. The van der Waals surface area contributed by atoms with Gasteiger partial charge in [-0.25, -0.2) is 19.3 Å². The van der Waals surface area contributed by atoms with Gasteiger partial charge in [0.1, 0.15) is 0 Å². The average molecular weight is 205 g/mol. The molecule has 0 aliphatic heterocycles. The molecule has 0 amide bonds. The van der Waals surface area contributed by atoms with E-state index in [4.69, 9.17) is 5.11 Å². The molecule has 0 unspecified atom stereocenters. The predicted octanol–water partition coefficient (Wildman–Crippen LogP) is 0.259. The van der Waals surface area contributed by atoms with Gasteiger partial charge in [0, 0.05) is 0 Å². The number of H-pyrrole nitrogens is 1. The van der Waals surface area contributed by atoms with Gasteiger partial charge >= 0.3 is 11.7 Å². The third-order valence-corrected chi connectivity index (χ3v) is 1.88. The lowest BCUT2D eigenvalue weighted by Crippen LogP contribution is -2.18. The molecule has 0 bridgehead atoms. The van der Waals surface area contributed by atoms with Crippen LogP contribution in [0.4, 0.5) is 0 Å². The Hall–Kier alpha value is -2.37. The lowest BCUT2D eigenvalue weighted by atomic mass is 10.3. The van der Waals surface area contributed by atoms with Crippen molar-refractivity contribution >= 4 is 5.97 Å². The summed E-state index contributed by atoms with van der Waals surface area (Å²) >= 11 is 0. The highest BCUT2D eigenvalue weighted by molar-refractivity contribution is 5.84. The molecule has 76 valence electrons. The molecule has 0 saturated heterocycles. The number of para-hydroxylation sites is 1. The first kappa shape index (κ1) is 9.20. The van der Waals surface area contributed by atoms with Crippen molar-refractivity contribution in [3.63, 3.8) is 0 Å². The molecule has 0 saturated carbocycles. The average Bonchev–Trinajstić information content (AvgIpc) is 2.61. The van der Waals surface area contributed by atoms with E-state index in [1.54, 1.807) is 30.3 Å². The summed E-state index contributed by atoms with van der Waals surface area (Å²) in [7, 11) is 0. The van der Waals surface area contributed by atoms with Gasteiger partial charge in [-0.05, 0) is 12.1 Å². The number of hydrogen-bond acceptors (Lipinski definition) is 3.